The van der Waals surface area contributed by atoms with Crippen LogP contribution in [-0.4, -0.2) is 71.6 Å². The van der Waals surface area contributed by atoms with Crippen molar-refractivity contribution >= 4 is 37.3 Å². The number of hydrogen-bond acceptors (Lipinski definition) is 9. The number of nitrogens with one attached hydrogen (secondary N) is 1. The zero-order valence-electron chi connectivity index (χ0n) is 23.6. The summed E-state index contributed by atoms with van der Waals surface area (Å²) in [6.07, 6.45) is -6.56. The van der Waals surface area contributed by atoms with E-state index in [1.54, 1.807) is 0 Å². The highest BCUT2D eigenvalue weighted by atomic mass is 32.1. The molecule has 2 aromatic heterocycles. The smallest absolute Gasteiger partial charge is 0.417 e. The molecule has 0 aliphatic carbocycles. The van der Waals surface area contributed by atoms with Crippen LogP contribution in [0.3, 0.4) is 0 Å². The minimum Gasteiger partial charge on any atom is -0.469 e. The maximum absolute atomic E-state index is 14.8. The number of aromatic nitrogens is 2. The van der Waals surface area contributed by atoms with Crippen molar-refractivity contribution in [2.45, 2.75) is 49.4 Å². The number of hydrogen-bond donors (Lipinski definition) is 2. The Morgan fingerprint density at radius 2 is 2.00 bits per heavy atom. The van der Waals surface area contributed by atoms with E-state index in [0.717, 1.165) is 48.6 Å². The van der Waals surface area contributed by atoms with E-state index in [4.69, 9.17) is 15.2 Å². The first kappa shape index (κ1) is 29.8. The highest BCUT2D eigenvalue weighted by molar-refractivity contribution is 7.23. The summed E-state index contributed by atoms with van der Waals surface area (Å²) in [5.41, 5.74) is 3.65. The van der Waals surface area contributed by atoms with E-state index in [-0.39, 0.29) is 87.2 Å². The van der Waals surface area contributed by atoms with Gasteiger partial charge in [-0.25, -0.2) is 13.2 Å². The zero-order chi connectivity index (χ0) is 31.7. The lowest BCUT2D eigenvalue weighted by Crippen LogP contribution is -2.43. The summed E-state index contributed by atoms with van der Waals surface area (Å²) in [4.78, 5) is 10.7. The Balaban J connectivity index is 1.40. The van der Waals surface area contributed by atoms with E-state index in [0.29, 0.717) is 6.42 Å². The highest BCUT2D eigenvalue weighted by Crippen LogP contribution is 2.47. The van der Waals surface area contributed by atoms with E-state index >= 15 is 0 Å². The van der Waals surface area contributed by atoms with Gasteiger partial charge in [0.05, 0.1) is 32.3 Å². The molecule has 0 bridgehead atoms. The van der Waals surface area contributed by atoms with E-state index in [9.17, 15) is 31.6 Å². The summed E-state index contributed by atoms with van der Waals surface area (Å²) in [7, 11) is 0. The summed E-state index contributed by atoms with van der Waals surface area (Å²) >= 11 is 0.766. The van der Waals surface area contributed by atoms with Gasteiger partial charge in [0.1, 0.15) is 35.8 Å². The van der Waals surface area contributed by atoms with Gasteiger partial charge in [-0.1, -0.05) is 6.07 Å². The monoisotopic (exact) mass is 648 g/mol. The summed E-state index contributed by atoms with van der Waals surface area (Å²) < 4.78 is 99.5. The van der Waals surface area contributed by atoms with E-state index in [1.165, 1.54) is 0 Å². The molecule has 15 heteroatoms. The number of nitriles is 1. The molecule has 8 nitrogen and oxygen atoms in total. The molecule has 0 radical (unpaired) electrons. The van der Waals surface area contributed by atoms with Crippen LogP contribution in [0.1, 0.15) is 30.4 Å². The molecule has 4 unspecified atom stereocenters. The lowest BCUT2D eigenvalue weighted by atomic mass is 9.93. The van der Waals surface area contributed by atoms with Crippen LogP contribution in [0.4, 0.5) is 31.3 Å². The average Bonchev–Trinajstić information content (AvgIpc) is 3.73. The fraction of sp³-hybridized carbons (Fsp3) is 0.433. The highest BCUT2D eigenvalue weighted by Gasteiger charge is 2.49. The standard InChI is InChI=1S/C30H26F6N6O2S/c31-14-8-29(4-1-5-42(29)12-14)13-43-28-40-22-7-16(15-2-3-20(32)25-24(15)18(9-37)26(38)45-25)19(30(34,35)36)6-17(22)27(41-28)44-23-11-39-10-21(23)33/h2-3,6-7,14,21,23,39H,1,4-5,8,10-13,38H2. The Hall–Kier alpha value is -3.87. The Bertz CT molecular complexity index is 1860. The molecule has 0 amide bonds. The molecule has 7 rings (SSSR count). The largest absolute Gasteiger partial charge is 0.469 e. The third-order valence-corrected chi connectivity index (χ3v) is 9.91. The lowest BCUT2D eigenvalue weighted by Gasteiger charge is -2.30. The first-order chi connectivity index (χ1) is 21.5. The SMILES string of the molecule is N#Cc1c(N)sc2c(F)ccc(-c3cc4nc(OCC56CCCN5CC(F)C6)nc(OC5CNCC5F)c4cc3C(F)(F)F)c12. The number of alkyl halides is 5. The van der Waals surface area contributed by atoms with Crippen molar-refractivity contribution in [1.82, 2.24) is 20.2 Å². The second kappa shape index (κ2) is 10.9. The normalized spacial score (nSPS) is 25.2. The summed E-state index contributed by atoms with van der Waals surface area (Å²) in [6, 6.07) is 5.78. The number of halogens is 6. The molecule has 4 atom stereocenters. The number of anilines is 1. The van der Waals surface area contributed by atoms with Crippen LogP contribution in [0.5, 0.6) is 11.9 Å². The van der Waals surface area contributed by atoms with Gasteiger partial charge in [-0.05, 0) is 48.7 Å². The predicted molar refractivity (Wildman–Crippen MR) is 155 cm³/mol. The van der Waals surface area contributed by atoms with Crippen LogP contribution in [0.15, 0.2) is 24.3 Å². The minimum atomic E-state index is -4.92. The van der Waals surface area contributed by atoms with Gasteiger partial charge in [0, 0.05) is 31.4 Å². The quantitative estimate of drug-likeness (QED) is 0.254. The van der Waals surface area contributed by atoms with Crippen molar-refractivity contribution in [2.75, 3.05) is 38.5 Å². The minimum absolute atomic E-state index is 0.00328. The first-order valence-corrected chi connectivity index (χ1v) is 15.2. The summed E-state index contributed by atoms with van der Waals surface area (Å²) in [6.45, 7) is 1.16. The van der Waals surface area contributed by atoms with Crippen molar-refractivity contribution in [3.05, 3.63) is 41.2 Å². The molecular formula is C30H26F6N6O2S. The number of nitrogens with two attached hydrogens (primary N) is 1. The Kier molecular flexibility index (Phi) is 7.21. The maximum Gasteiger partial charge on any atom is 0.417 e. The molecule has 0 spiro atoms. The van der Waals surface area contributed by atoms with Crippen molar-refractivity contribution in [3.8, 4) is 29.1 Å². The summed E-state index contributed by atoms with van der Waals surface area (Å²) in [5, 5.41) is 12.4. The fourth-order valence-corrected chi connectivity index (χ4v) is 7.74. The Morgan fingerprint density at radius 3 is 2.73 bits per heavy atom. The van der Waals surface area contributed by atoms with Crippen LogP contribution >= 0.6 is 11.3 Å². The molecule has 3 fully saturated rings. The molecular weight excluding hydrogens is 622 g/mol. The number of thiophene rings is 1. The molecule has 236 valence electrons. The average molecular weight is 649 g/mol. The Morgan fingerprint density at radius 1 is 1.18 bits per heavy atom. The molecule has 0 saturated carbocycles. The van der Waals surface area contributed by atoms with Gasteiger partial charge in [-0.2, -0.15) is 28.4 Å². The number of rotatable bonds is 6. The zero-order valence-corrected chi connectivity index (χ0v) is 24.4. The van der Waals surface area contributed by atoms with Crippen molar-refractivity contribution < 1.29 is 35.8 Å². The Labute approximate surface area is 256 Å². The van der Waals surface area contributed by atoms with Gasteiger partial charge in [-0.3, -0.25) is 4.90 Å². The van der Waals surface area contributed by atoms with E-state index in [1.807, 2.05) is 11.0 Å². The number of ether oxygens (including phenoxy) is 2. The molecule has 3 saturated heterocycles. The first-order valence-electron chi connectivity index (χ1n) is 14.3. The molecule has 2 aromatic carbocycles. The molecule has 45 heavy (non-hydrogen) atoms. The number of benzene rings is 2. The van der Waals surface area contributed by atoms with Crippen LogP contribution in [0, 0.1) is 17.1 Å². The van der Waals surface area contributed by atoms with Gasteiger partial charge < -0.3 is 20.5 Å². The van der Waals surface area contributed by atoms with Gasteiger partial charge in [0.2, 0.25) is 5.88 Å². The van der Waals surface area contributed by atoms with Crippen molar-refractivity contribution in [2.24, 2.45) is 0 Å². The third-order valence-electron chi connectivity index (χ3n) is 8.89. The van der Waals surface area contributed by atoms with Gasteiger partial charge >= 0.3 is 12.2 Å². The van der Waals surface area contributed by atoms with E-state index < -0.39 is 41.5 Å². The molecule has 5 heterocycles. The van der Waals surface area contributed by atoms with Crippen LogP contribution in [-0.2, 0) is 6.18 Å². The topological polar surface area (TPSA) is 109 Å². The second-order valence-electron chi connectivity index (χ2n) is 11.7. The van der Waals surface area contributed by atoms with Crippen molar-refractivity contribution in [3.63, 3.8) is 0 Å². The third kappa shape index (κ3) is 5.08. The number of nitrogens with zero attached hydrogens (tertiary/aromatic N) is 4. The molecule has 3 aliphatic rings. The number of fused-ring (bicyclic) bond motifs is 3. The van der Waals surface area contributed by atoms with Crippen LogP contribution in [0.25, 0.3) is 32.1 Å². The van der Waals surface area contributed by atoms with Gasteiger partial charge in [0.25, 0.3) is 0 Å². The molecule has 4 aromatic rings. The second-order valence-corrected chi connectivity index (χ2v) is 12.7. The number of nitrogen functional groups attached to an aromatic ring is 1. The fourth-order valence-electron chi connectivity index (χ4n) is 6.79. The van der Waals surface area contributed by atoms with E-state index in [2.05, 4.69) is 15.3 Å². The predicted octanol–water partition coefficient (Wildman–Crippen LogP) is 5.77. The molecule has 3 aliphatic heterocycles. The van der Waals surface area contributed by atoms with Gasteiger partial charge in [-0.15, -0.1) is 11.3 Å². The van der Waals surface area contributed by atoms with Crippen molar-refractivity contribution in [1.29, 1.82) is 5.26 Å². The lowest BCUT2D eigenvalue weighted by molar-refractivity contribution is -0.137. The van der Waals surface area contributed by atoms with Crippen LogP contribution in [0.2, 0.25) is 0 Å². The van der Waals surface area contributed by atoms with Gasteiger partial charge in [0.15, 0.2) is 6.17 Å². The summed E-state index contributed by atoms with van der Waals surface area (Å²) in [5.74, 6) is -1.04. The van der Waals surface area contributed by atoms with Crippen LogP contribution < -0.4 is 20.5 Å². The molecule has 3 N–H and O–H groups in total. The maximum atomic E-state index is 14.8.